The van der Waals surface area contributed by atoms with Gasteiger partial charge < -0.3 is 20.9 Å². The molecule has 136 valence electrons. The van der Waals surface area contributed by atoms with Crippen molar-refractivity contribution in [2.24, 2.45) is 11.5 Å². The molecule has 25 heavy (non-hydrogen) atoms. The van der Waals surface area contributed by atoms with Crippen molar-refractivity contribution in [3.63, 3.8) is 0 Å². The van der Waals surface area contributed by atoms with Crippen LogP contribution in [0.5, 0.6) is 11.5 Å². The second-order valence-corrected chi connectivity index (χ2v) is 6.36. The van der Waals surface area contributed by atoms with E-state index in [9.17, 15) is 0 Å². The van der Waals surface area contributed by atoms with E-state index in [1.807, 2.05) is 18.2 Å². The Morgan fingerprint density at radius 2 is 1.80 bits per heavy atom. The summed E-state index contributed by atoms with van der Waals surface area (Å²) in [5.41, 5.74) is 16.0. The molecule has 0 amide bonds. The molecule has 0 aliphatic heterocycles. The third kappa shape index (κ3) is 4.66. The summed E-state index contributed by atoms with van der Waals surface area (Å²) in [7, 11) is 1.69. The summed E-state index contributed by atoms with van der Waals surface area (Å²) in [5.74, 6) is 2.07. The molecule has 0 aromatic heterocycles. The number of aryl methyl sites for hydroxylation is 1. The summed E-state index contributed by atoms with van der Waals surface area (Å²) in [5, 5.41) is 0. The number of hydrogen-bond donors (Lipinski definition) is 2. The van der Waals surface area contributed by atoms with Gasteiger partial charge in [-0.15, -0.1) is 12.4 Å². The van der Waals surface area contributed by atoms with E-state index in [4.69, 9.17) is 20.9 Å². The van der Waals surface area contributed by atoms with E-state index < -0.39 is 0 Å². The molecule has 4 nitrogen and oxygen atoms in total. The molecule has 2 atom stereocenters. The Kier molecular flexibility index (Phi) is 7.12. The highest BCUT2D eigenvalue weighted by Crippen LogP contribution is 2.36. The minimum absolute atomic E-state index is 0. The van der Waals surface area contributed by atoms with Gasteiger partial charge in [-0.1, -0.05) is 18.2 Å². The highest BCUT2D eigenvalue weighted by atomic mass is 35.5. The van der Waals surface area contributed by atoms with Crippen molar-refractivity contribution in [3.8, 4) is 11.5 Å². The Morgan fingerprint density at radius 1 is 1.08 bits per heavy atom. The molecular formula is C20H27ClN2O2. The number of hydrogen-bond acceptors (Lipinski definition) is 4. The minimum Gasteiger partial charge on any atom is -0.497 e. The zero-order valence-corrected chi connectivity index (χ0v) is 15.4. The van der Waals surface area contributed by atoms with Crippen LogP contribution in [-0.4, -0.2) is 26.3 Å². The van der Waals surface area contributed by atoms with E-state index >= 15 is 0 Å². The van der Waals surface area contributed by atoms with Crippen LogP contribution in [0.15, 0.2) is 42.5 Å². The summed E-state index contributed by atoms with van der Waals surface area (Å²) in [6.45, 7) is 1.06. The predicted octanol–water partition coefficient (Wildman–Crippen LogP) is 3.05. The third-order valence-corrected chi connectivity index (χ3v) is 4.78. The van der Waals surface area contributed by atoms with Gasteiger partial charge in [-0.3, -0.25) is 0 Å². The number of ether oxygens (including phenoxy) is 2. The lowest BCUT2D eigenvalue weighted by molar-refractivity contribution is 0.327. The molecule has 1 aliphatic rings. The molecule has 4 N–H and O–H groups in total. The zero-order chi connectivity index (χ0) is 16.9. The Bertz CT molecular complexity index is 676. The van der Waals surface area contributed by atoms with Crippen molar-refractivity contribution in [2.45, 2.75) is 31.2 Å². The van der Waals surface area contributed by atoms with Crippen LogP contribution in [0.3, 0.4) is 0 Å². The van der Waals surface area contributed by atoms with Crippen molar-refractivity contribution in [2.75, 3.05) is 20.3 Å². The molecule has 5 heteroatoms. The SMILES string of the molecule is COc1ccc(CC2c3cc(OCCN)ccc3CCC2N)cc1.Cl. The summed E-state index contributed by atoms with van der Waals surface area (Å²) in [4.78, 5) is 0. The molecule has 0 spiro atoms. The quantitative estimate of drug-likeness (QED) is 0.828. The molecule has 0 saturated carbocycles. The number of fused-ring (bicyclic) bond motifs is 1. The number of rotatable bonds is 6. The van der Waals surface area contributed by atoms with Gasteiger partial charge >= 0.3 is 0 Å². The van der Waals surface area contributed by atoms with Crippen molar-refractivity contribution in [1.82, 2.24) is 0 Å². The lowest BCUT2D eigenvalue weighted by Gasteiger charge is -2.32. The smallest absolute Gasteiger partial charge is 0.119 e. The van der Waals surface area contributed by atoms with E-state index in [1.165, 1.54) is 16.7 Å². The first-order valence-corrected chi connectivity index (χ1v) is 8.55. The number of benzene rings is 2. The van der Waals surface area contributed by atoms with E-state index in [2.05, 4.69) is 24.3 Å². The van der Waals surface area contributed by atoms with Crippen LogP contribution < -0.4 is 20.9 Å². The highest BCUT2D eigenvalue weighted by molar-refractivity contribution is 5.85. The fourth-order valence-electron chi connectivity index (χ4n) is 3.44. The Balaban J connectivity index is 0.00000225. The van der Waals surface area contributed by atoms with Gasteiger partial charge in [-0.05, 0) is 60.2 Å². The average Bonchev–Trinajstić information content (AvgIpc) is 2.63. The molecule has 3 rings (SSSR count). The molecule has 2 aromatic carbocycles. The normalized spacial score (nSPS) is 18.8. The van der Waals surface area contributed by atoms with Crippen molar-refractivity contribution in [1.29, 1.82) is 0 Å². The standard InChI is InChI=1S/C20H26N2O2.ClH/c1-23-16-6-2-14(3-7-16)12-19-18-13-17(24-11-10-21)8-4-15(18)5-9-20(19)22;/h2-4,6-8,13,19-20H,5,9-12,21-22H2,1H3;1H. The Hall–Kier alpha value is -1.75. The number of methoxy groups -OCH3 is 1. The van der Waals surface area contributed by atoms with E-state index in [0.717, 1.165) is 30.8 Å². The molecule has 0 bridgehead atoms. The zero-order valence-electron chi connectivity index (χ0n) is 14.6. The Morgan fingerprint density at radius 3 is 2.48 bits per heavy atom. The fourth-order valence-corrected chi connectivity index (χ4v) is 3.44. The topological polar surface area (TPSA) is 70.5 Å². The van der Waals surface area contributed by atoms with Gasteiger partial charge in [0, 0.05) is 18.5 Å². The molecule has 0 radical (unpaired) electrons. The van der Waals surface area contributed by atoms with Crippen molar-refractivity contribution >= 4 is 12.4 Å². The predicted molar refractivity (Wildman–Crippen MR) is 104 cm³/mol. The van der Waals surface area contributed by atoms with Gasteiger partial charge in [0.2, 0.25) is 0 Å². The highest BCUT2D eigenvalue weighted by Gasteiger charge is 2.27. The first kappa shape index (κ1) is 19.6. The third-order valence-electron chi connectivity index (χ3n) is 4.78. The lowest BCUT2D eigenvalue weighted by Crippen LogP contribution is -2.34. The average molecular weight is 363 g/mol. The maximum atomic E-state index is 6.46. The number of halogens is 1. The molecule has 0 heterocycles. The van der Waals surface area contributed by atoms with Gasteiger partial charge in [0.15, 0.2) is 0 Å². The monoisotopic (exact) mass is 362 g/mol. The molecule has 0 fully saturated rings. The van der Waals surface area contributed by atoms with Crippen LogP contribution in [-0.2, 0) is 12.8 Å². The lowest BCUT2D eigenvalue weighted by atomic mass is 9.76. The van der Waals surface area contributed by atoms with Crippen LogP contribution in [0, 0.1) is 0 Å². The van der Waals surface area contributed by atoms with Crippen LogP contribution >= 0.6 is 12.4 Å². The van der Waals surface area contributed by atoms with Crippen molar-refractivity contribution in [3.05, 3.63) is 59.2 Å². The molecule has 2 aromatic rings. The Labute approximate surface area is 155 Å². The van der Waals surface area contributed by atoms with Gasteiger partial charge in [0.05, 0.1) is 7.11 Å². The summed E-state index contributed by atoms with van der Waals surface area (Å²) >= 11 is 0. The maximum Gasteiger partial charge on any atom is 0.119 e. The fraction of sp³-hybridized carbons (Fsp3) is 0.400. The van der Waals surface area contributed by atoms with E-state index in [-0.39, 0.29) is 18.4 Å². The largest absolute Gasteiger partial charge is 0.497 e. The van der Waals surface area contributed by atoms with Crippen LogP contribution in [0.2, 0.25) is 0 Å². The summed E-state index contributed by atoms with van der Waals surface area (Å²) in [6.07, 6.45) is 2.99. The molecule has 2 unspecified atom stereocenters. The van der Waals surface area contributed by atoms with Crippen molar-refractivity contribution < 1.29 is 9.47 Å². The van der Waals surface area contributed by atoms with Gasteiger partial charge in [0.25, 0.3) is 0 Å². The second kappa shape index (κ2) is 9.09. The van der Waals surface area contributed by atoms with Gasteiger partial charge in [-0.2, -0.15) is 0 Å². The molecule has 1 aliphatic carbocycles. The van der Waals surface area contributed by atoms with E-state index in [0.29, 0.717) is 19.1 Å². The van der Waals surface area contributed by atoms with Crippen LogP contribution in [0.25, 0.3) is 0 Å². The van der Waals surface area contributed by atoms with Gasteiger partial charge in [0.1, 0.15) is 18.1 Å². The van der Waals surface area contributed by atoms with E-state index in [1.54, 1.807) is 7.11 Å². The first-order valence-electron chi connectivity index (χ1n) is 8.55. The molecule has 0 saturated heterocycles. The first-order chi connectivity index (χ1) is 11.7. The van der Waals surface area contributed by atoms with Crippen LogP contribution in [0.1, 0.15) is 29.0 Å². The molecular weight excluding hydrogens is 336 g/mol. The maximum absolute atomic E-state index is 6.46. The second-order valence-electron chi connectivity index (χ2n) is 6.36. The minimum atomic E-state index is 0. The number of nitrogens with two attached hydrogens (primary N) is 2. The van der Waals surface area contributed by atoms with Gasteiger partial charge in [-0.25, -0.2) is 0 Å². The summed E-state index contributed by atoms with van der Waals surface area (Å²) < 4.78 is 10.9. The van der Waals surface area contributed by atoms with Crippen LogP contribution in [0.4, 0.5) is 0 Å². The summed E-state index contributed by atoms with van der Waals surface area (Å²) in [6, 6.07) is 14.8.